The van der Waals surface area contributed by atoms with E-state index in [9.17, 15) is 0 Å². The van der Waals surface area contributed by atoms with E-state index >= 15 is 0 Å². The SMILES string of the molecule is C1=CC2c3cc(Nc4ccc(-c5ccccc5)cc4)ccc3C3(c4ccccc4N(c4ccccc4)c4ccccc43)C2C=C1. The molecule has 2 unspecified atom stereocenters. The van der Waals surface area contributed by atoms with Crippen LogP contribution < -0.4 is 10.2 Å². The van der Waals surface area contributed by atoms with Gasteiger partial charge in [0.05, 0.1) is 16.8 Å². The van der Waals surface area contributed by atoms with Gasteiger partial charge in [-0.1, -0.05) is 127 Å². The Bertz CT molecular complexity index is 2040. The van der Waals surface area contributed by atoms with E-state index in [0.29, 0.717) is 0 Å². The predicted molar refractivity (Wildman–Crippen MR) is 187 cm³/mol. The summed E-state index contributed by atoms with van der Waals surface area (Å²) in [6, 6.07) is 55.2. The van der Waals surface area contributed by atoms with Gasteiger partial charge in [-0.05, 0) is 81.9 Å². The third-order valence-corrected chi connectivity index (χ3v) is 9.91. The molecule has 1 aliphatic heterocycles. The van der Waals surface area contributed by atoms with Gasteiger partial charge in [-0.3, -0.25) is 0 Å². The Morgan fingerprint density at radius 2 is 1.07 bits per heavy atom. The third-order valence-electron chi connectivity index (χ3n) is 9.91. The van der Waals surface area contributed by atoms with Crippen LogP contribution in [0.4, 0.5) is 28.4 Å². The van der Waals surface area contributed by atoms with Crippen LogP contribution in [0.2, 0.25) is 0 Å². The second kappa shape index (κ2) is 10.2. The van der Waals surface area contributed by atoms with E-state index in [1.54, 1.807) is 0 Å². The highest BCUT2D eigenvalue weighted by molar-refractivity contribution is 5.89. The molecule has 1 N–H and O–H groups in total. The lowest BCUT2D eigenvalue weighted by molar-refractivity contribution is 0.454. The number of para-hydroxylation sites is 3. The number of allylic oxidation sites excluding steroid dienone is 4. The summed E-state index contributed by atoms with van der Waals surface area (Å²) in [6.45, 7) is 0. The number of nitrogens with one attached hydrogen (secondary N) is 1. The fourth-order valence-electron chi connectivity index (χ4n) is 8.10. The summed E-state index contributed by atoms with van der Waals surface area (Å²) in [7, 11) is 0. The first-order valence-corrected chi connectivity index (χ1v) is 15.8. The van der Waals surface area contributed by atoms with Crippen molar-refractivity contribution in [3.05, 3.63) is 198 Å². The summed E-state index contributed by atoms with van der Waals surface area (Å²) in [5.41, 5.74) is 13.5. The van der Waals surface area contributed by atoms with E-state index in [1.807, 2.05) is 0 Å². The Kier molecular flexibility index (Phi) is 5.89. The Labute approximate surface area is 264 Å². The lowest BCUT2D eigenvalue weighted by Crippen LogP contribution is -2.40. The van der Waals surface area contributed by atoms with Gasteiger partial charge in [0.1, 0.15) is 0 Å². The van der Waals surface area contributed by atoms with Gasteiger partial charge in [0.2, 0.25) is 0 Å². The van der Waals surface area contributed by atoms with Gasteiger partial charge in [-0.15, -0.1) is 0 Å². The molecule has 6 aromatic rings. The summed E-state index contributed by atoms with van der Waals surface area (Å²) in [5, 5.41) is 3.72. The number of rotatable bonds is 4. The molecule has 1 heterocycles. The molecule has 0 radical (unpaired) electrons. The molecule has 45 heavy (non-hydrogen) atoms. The molecule has 0 saturated heterocycles. The first-order chi connectivity index (χ1) is 22.3. The number of fused-ring (bicyclic) bond motifs is 9. The molecule has 0 fully saturated rings. The first-order valence-electron chi connectivity index (χ1n) is 15.8. The van der Waals surface area contributed by atoms with Crippen molar-refractivity contribution in [3.63, 3.8) is 0 Å². The molecule has 6 aromatic carbocycles. The maximum absolute atomic E-state index is 3.72. The number of hydrogen-bond acceptors (Lipinski definition) is 2. The van der Waals surface area contributed by atoms with E-state index < -0.39 is 0 Å². The molecule has 0 saturated carbocycles. The second-order valence-corrected chi connectivity index (χ2v) is 12.2. The van der Waals surface area contributed by atoms with Crippen LogP contribution in [0, 0.1) is 5.92 Å². The van der Waals surface area contributed by atoms with Gasteiger partial charge in [-0.25, -0.2) is 0 Å². The Hall–Kier alpha value is -5.60. The van der Waals surface area contributed by atoms with E-state index in [1.165, 1.54) is 50.4 Å². The summed E-state index contributed by atoms with van der Waals surface area (Å²) in [6.07, 6.45) is 9.33. The molecule has 3 aliphatic rings. The lowest BCUT2D eigenvalue weighted by atomic mass is 9.61. The van der Waals surface area contributed by atoms with Crippen molar-refractivity contribution in [2.24, 2.45) is 5.92 Å². The molecule has 1 spiro atoms. The maximum Gasteiger partial charge on any atom is 0.0567 e. The van der Waals surface area contributed by atoms with Gasteiger partial charge in [0, 0.05) is 28.9 Å². The van der Waals surface area contributed by atoms with Crippen LogP contribution in [-0.4, -0.2) is 0 Å². The van der Waals surface area contributed by atoms with Gasteiger partial charge in [0.15, 0.2) is 0 Å². The number of benzene rings is 6. The summed E-state index contributed by atoms with van der Waals surface area (Å²) < 4.78 is 0. The average Bonchev–Trinajstić information content (AvgIpc) is 3.40. The second-order valence-electron chi connectivity index (χ2n) is 12.2. The van der Waals surface area contributed by atoms with Gasteiger partial charge in [-0.2, -0.15) is 0 Å². The molecule has 2 nitrogen and oxygen atoms in total. The maximum atomic E-state index is 3.72. The lowest BCUT2D eigenvalue weighted by Gasteiger charge is -2.47. The molecule has 2 atom stereocenters. The molecule has 2 heteroatoms. The highest BCUT2D eigenvalue weighted by Crippen LogP contribution is 2.65. The third kappa shape index (κ3) is 3.89. The zero-order valence-corrected chi connectivity index (χ0v) is 24.8. The van der Waals surface area contributed by atoms with Gasteiger partial charge in [0.25, 0.3) is 0 Å². The minimum atomic E-state index is -0.310. The topological polar surface area (TPSA) is 15.3 Å². The van der Waals surface area contributed by atoms with E-state index in [0.717, 1.165) is 11.4 Å². The zero-order valence-electron chi connectivity index (χ0n) is 24.8. The van der Waals surface area contributed by atoms with Gasteiger partial charge < -0.3 is 10.2 Å². The standard InChI is InChI=1S/C43H32N2/c1-3-13-30(14-4-1)31-23-25-32(26-24-31)44-33-27-28-38-36(29-33)35-17-7-8-18-37(35)43(38)39-19-9-11-21-41(39)45(34-15-5-2-6-16-34)42-22-12-10-20-40(42)43/h1-29,35,37,44H. The number of hydrogen-bond donors (Lipinski definition) is 1. The number of anilines is 5. The fraction of sp³-hybridized carbons (Fsp3) is 0.0698. The van der Waals surface area contributed by atoms with Crippen molar-refractivity contribution in [2.45, 2.75) is 11.3 Å². The number of nitrogens with zero attached hydrogens (tertiary/aromatic N) is 1. The normalized spacial score (nSPS) is 18.2. The summed E-state index contributed by atoms with van der Waals surface area (Å²) in [4.78, 5) is 2.44. The molecule has 0 aromatic heterocycles. The minimum absolute atomic E-state index is 0.262. The van der Waals surface area contributed by atoms with Crippen LogP contribution >= 0.6 is 0 Å². The summed E-state index contributed by atoms with van der Waals surface area (Å²) in [5.74, 6) is 0.537. The fourth-order valence-corrected chi connectivity index (χ4v) is 8.10. The largest absolute Gasteiger partial charge is 0.356 e. The van der Waals surface area contributed by atoms with Crippen LogP contribution in [0.15, 0.2) is 176 Å². The highest BCUT2D eigenvalue weighted by Gasteiger charge is 2.56. The minimum Gasteiger partial charge on any atom is -0.356 e. The molecular weight excluding hydrogens is 544 g/mol. The van der Waals surface area contributed by atoms with Crippen molar-refractivity contribution in [3.8, 4) is 11.1 Å². The van der Waals surface area contributed by atoms with E-state index in [-0.39, 0.29) is 17.3 Å². The van der Waals surface area contributed by atoms with Crippen LogP contribution in [0.25, 0.3) is 11.1 Å². The quantitative estimate of drug-likeness (QED) is 0.225. The van der Waals surface area contributed by atoms with Crippen LogP contribution in [0.1, 0.15) is 28.2 Å². The molecule has 2 aliphatic carbocycles. The highest BCUT2D eigenvalue weighted by atomic mass is 15.2. The van der Waals surface area contributed by atoms with Crippen LogP contribution in [-0.2, 0) is 5.41 Å². The molecule has 214 valence electrons. The molecular formula is C43H32N2. The first kappa shape index (κ1) is 25.9. The predicted octanol–water partition coefficient (Wildman–Crippen LogP) is 11.1. The van der Waals surface area contributed by atoms with E-state index in [2.05, 4.69) is 186 Å². The Balaban J connectivity index is 1.19. The Morgan fingerprint density at radius 1 is 0.489 bits per heavy atom. The average molecular weight is 577 g/mol. The van der Waals surface area contributed by atoms with Crippen molar-refractivity contribution >= 4 is 28.4 Å². The van der Waals surface area contributed by atoms with Crippen molar-refractivity contribution in [1.82, 2.24) is 0 Å². The monoisotopic (exact) mass is 576 g/mol. The zero-order chi connectivity index (χ0) is 29.8. The van der Waals surface area contributed by atoms with Crippen LogP contribution in [0.5, 0.6) is 0 Å². The molecule has 0 bridgehead atoms. The molecule has 0 amide bonds. The van der Waals surface area contributed by atoms with Crippen molar-refractivity contribution in [1.29, 1.82) is 0 Å². The van der Waals surface area contributed by atoms with E-state index in [4.69, 9.17) is 0 Å². The van der Waals surface area contributed by atoms with Crippen molar-refractivity contribution in [2.75, 3.05) is 10.2 Å². The smallest absolute Gasteiger partial charge is 0.0567 e. The summed E-state index contributed by atoms with van der Waals surface area (Å²) >= 11 is 0. The molecule has 9 rings (SSSR count). The Morgan fingerprint density at radius 3 is 1.78 bits per heavy atom. The van der Waals surface area contributed by atoms with Crippen LogP contribution in [0.3, 0.4) is 0 Å². The van der Waals surface area contributed by atoms with Gasteiger partial charge >= 0.3 is 0 Å². The van der Waals surface area contributed by atoms with Crippen molar-refractivity contribution < 1.29 is 0 Å².